The molecule has 0 radical (unpaired) electrons. The summed E-state index contributed by atoms with van der Waals surface area (Å²) in [7, 11) is 1.91. The molecule has 1 amide bonds. The zero-order valence-corrected chi connectivity index (χ0v) is 21.0. The van der Waals surface area contributed by atoms with Gasteiger partial charge in [0.2, 0.25) is 11.9 Å². The molecule has 0 spiro atoms. The van der Waals surface area contributed by atoms with Gasteiger partial charge < -0.3 is 15.5 Å². The van der Waals surface area contributed by atoms with E-state index < -0.39 is 0 Å². The van der Waals surface area contributed by atoms with Crippen molar-refractivity contribution in [1.29, 1.82) is 0 Å². The normalized spacial score (nSPS) is 15.2. The quantitative estimate of drug-likeness (QED) is 0.573. The predicted octanol–water partition coefficient (Wildman–Crippen LogP) is 3.18. The molecule has 4 heterocycles. The van der Waals surface area contributed by atoms with Crippen molar-refractivity contribution in [3.8, 4) is 0 Å². The SMILES string of the molecule is Cc1cc(Cn2cc(CNc3nc(C)c4c(n3)N(C)[C@@H](C(C)C)C(=O)N4)cn2)cc(C)n1.S. The smallest absolute Gasteiger partial charge is 0.247 e. The Kier molecular flexibility index (Phi) is 7.26. The molecule has 0 saturated heterocycles. The van der Waals surface area contributed by atoms with E-state index in [1.807, 2.05) is 63.6 Å². The minimum atomic E-state index is -0.261. The van der Waals surface area contributed by atoms with Gasteiger partial charge >= 0.3 is 0 Å². The molecule has 33 heavy (non-hydrogen) atoms. The van der Waals surface area contributed by atoms with Gasteiger partial charge in [0, 0.05) is 36.7 Å². The van der Waals surface area contributed by atoms with Gasteiger partial charge in [-0.2, -0.15) is 23.6 Å². The highest BCUT2D eigenvalue weighted by Gasteiger charge is 2.35. The van der Waals surface area contributed by atoms with Crippen molar-refractivity contribution in [2.75, 3.05) is 22.6 Å². The molecule has 0 aromatic carbocycles. The Balaban J connectivity index is 0.00000306. The molecule has 1 aliphatic heterocycles. The molecule has 3 aromatic rings. The molecule has 1 atom stereocenters. The van der Waals surface area contributed by atoms with Gasteiger partial charge in [0.15, 0.2) is 5.82 Å². The van der Waals surface area contributed by atoms with Crippen molar-refractivity contribution >= 4 is 36.9 Å². The van der Waals surface area contributed by atoms with E-state index in [1.54, 1.807) is 0 Å². The maximum Gasteiger partial charge on any atom is 0.247 e. The lowest BCUT2D eigenvalue weighted by Crippen LogP contribution is -2.49. The summed E-state index contributed by atoms with van der Waals surface area (Å²) in [5.74, 6) is 1.41. The van der Waals surface area contributed by atoms with Crippen LogP contribution in [-0.4, -0.2) is 43.7 Å². The van der Waals surface area contributed by atoms with Crippen LogP contribution in [-0.2, 0) is 17.9 Å². The summed E-state index contributed by atoms with van der Waals surface area (Å²) in [6.07, 6.45) is 3.87. The third-order valence-corrected chi connectivity index (χ3v) is 5.59. The second-order valence-corrected chi connectivity index (χ2v) is 8.78. The van der Waals surface area contributed by atoms with Crippen molar-refractivity contribution in [3.63, 3.8) is 0 Å². The average Bonchev–Trinajstić information content (AvgIpc) is 3.13. The topological polar surface area (TPSA) is 101 Å². The lowest BCUT2D eigenvalue weighted by molar-refractivity contribution is -0.118. The molecule has 2 N–H and O–H groups in total. The van der Waals surface area contributed by atoms with E-state index in [2.05, 4.69) is 42.8 Å². The highest BCUT2D eigenvalue weighted by molar-refractivity contribution is 7.59. The second-order valence-electron chi connectivity index (χ2n) is 8.78. The van der Waals surface area contributed by atoms with E-state index in [0.717, 1.165) is 28.5 Å². The number of hydrogen-bond acceptors (Lipinski definition) is 7. The lowest BCUT2D eigenvalue weighted by Gasteiger charge is -2.36. The Morgan fingerprint density at radius 1 is 1.09 bits per heavy atom. The van der Waals surface area contributed by atoms with Crippen LogP contribution >= 0.6 is 13.5 Å². The number of nitrogens with one attached hydrogen (secondary N) is 2. The minimum absolute atomic E-state index is 0. The Morgan fingerprint density at radius 2 is 1.79 bits per heavy atom. The first-order chi connectivity index (χ1) is 15.2. The molecule has 9 nitrogen and oxygen atoms in total. The summed E-state index contributed by atoms with van der Waals surface area (Å²) in [4.78, 5) is 28.1. The third kappa shape index (κ3) is 5.27. The van der Waals surface area contributed by atoms with E-state index in [4.69, 9.17) is 0 Å². The third-order valence-electron chi connectivity index (χ3n) is 5.59. The fourth-order valence-corrected chi connectivity index (χ4v) is 4.26. The number of likely N-dealkylation sites (N-methyl/N-ethyl adjacent to an activating group) is 1. The zero-order valence-electron chi connectivity index (χ0n) is 20.0. The highest BCUT2D eigenvalue weighted by atomic mass is 32.1. The van der Waals surface area contributed by atoms with Crippen molar-refractivity contribution in [1.82, 2.24) is 24.7 Å². The van der Waals surface area contributed by atoms with Crippen LogP contribution in [0.3, 0.4) is 0 Å². The first-order valence-corrected chi connectivity index (χ1v) is 10.8. The van der Waals surface area contributed by atoms with Crippen molar-refractivity contribution in [2.45, 2.75) is 53.8 Å². The number of amides is 1. The molecule has 3 aromatic heterocycles. The van der Waals surface area contributed by atoms with Crippen LogP contribution in [0.5, 0.6) is 0 Å². The van der Waals surface area contributed by atoms with Gasteiger partial charge in [-0.05, 0) is 44.4 Å². The van der Waals surface area contributed by atoms with Gasteiger partial charge in [0.25, 0.3) is 0 Å². The van der Waals surface area contributed by atoms with E-state index in [1.165, 1.54) is 5.56 Å². The fraction of sp³-hybridized carbons (Fsp3) is 0.435. The molecule has 0 unspecified atom stereocenters. The number of aromatic nitrogens is 5. The second kappa shape index (κ2) is 9.78. The van der Waals surface area contributed by atoms with Crippen LogP contribution in [0.2, 0.25) is 0 Å². The molecular formula is C23H32N8OS. The number of rotatable bonds is 6. The van der Waals surface area contributed by atoms with Crippen LogP contribution in [0.1, 0.15) is 42.1 Å². The Labute approximate surface area is 201 Å². The number of anilines is 3. The summed E-state index contributed by atoms with van der Waals surface area (Å²) in [6.45, 7) is 11.2. The minimum Gasteiger partial charge on any atom is -0.350 e. The number of hydrogen-bond donors (Lipinski definition) is 2. The number of carbonyl (C=O) groups is 1. The lowest BCUT2D eigenvalue weighted by atomic mass is 9.99. The molecule has 1 aliphatic rings. The van der Waals surface area contributed by atoms with Crippen molar-refractivity contribution in [3.05, 3.63) is 52.7 Å². The molecule has 0 fully saturated rings. The van der Waals surface area contributed by atoms with Gasteiger partial charge in [-0.3, -0.25) is 14.5 Å². The number of pyridine rings is 1. The summed E-state index contributed by atoms with van der Waals surface area (Å²) in [6, 6.07) is 3.90. The van der Waals surface area contributed by atoms with E-state index >= 15 is 0 Å². The highest BCUT2D eigenvalue weighted by Crippen LogP contribution is 2.34. The number of carbonyl (C=O) groups excluding carboxylic acids is 1. The molecule has 10 heteroatoms. The van der Waals surface area contributed by atoms with E-state index in [9.17, 15) is 4.79 Å². The standard InChI is InChI=1S/C23H30N8O.H2S/c1-13(2)20-22(32)28-19-16(5)27-23(29-21(19)30(20)6)24-9-18-10-25-31(12-18)11-17-7-14(3)26-15(4)8-17;/h7-8,10,12-13,20H,9,11H2,1-6H3,(H,28,32)(H,24,27,29);1H2/t20-;/m0./s1. The summed E-state index contributed by atoms with van der Waals surface area (Å²) < 4.78 is 1.92. The van der Waals surface area contributed by atoms with Gasteiger partial charge in [-0.25, -0.2) is 4.98 Å². The molecule has 4 rings (SSSR count). The number of nitrogens with zero attached hydrogens (tertiary/aromatic N) is 6. The van der Waals surface area contributed by atoms with Crippen LogP contribution in [0.15, 0.2) is 24.5 Å². The summed E-state index contributed by atoms with van der Waals surface area (Å²) in [5.41, 5.74) is 5.64. The average molecular weight is 469 g/mol. The van der Waals surface area contributed by atoms with Crippen LogP contribution in [0.25, 0.3) is 0 Å². The largest absolute Gasteiger partial charge is 0.350 e. The van der Waals surface area contributed by atoms with E-state index in [-0.39, 0.29) is 31.4 Å². The van der Waals surface area contributed by atoms with Crippen molar-refractivity contribution in [2.24, 2.45) is 5.92 Å². The van der Waals surface area contributed by atoms with Gasteiger partial charge in [-0.1, -0.05) is 13.8 Å². The molecule has 0 saturated carbocycles. The number of aryl methyl sites for hydroxylation is 3. The Bertz CT molecular complexity index is 1140. The fourth-order valence-electron chi connectivity index (χ4n) is 4.26. The van der Waals surface area contributed by atoms with Crippen LogP contribution in [0.4, 0.5) is 17.5 Å². The maximum atomic E-state index is 12.5. The summed E-state index contributed by atoms with van der Waals surface area (Å²) >= 11 is 0. The molecular weight excluding hydrogens is 436 g/mol. The number of fused-ring (bicyclic) bond motifs is 1. The van der Waals surface area contributed by atoms with Crippen LogP contribution in [0, 0.1) is 26.7 Å². The molecule has 176 valence electrons. The first-order valence-electron chi connectivity index (χ1n) is 10.8. The maximum absolute atomic E-state index is 12.5. The zero-order chi connectivity index (χ0) is 23.0. The van der Waals surface area contributed by atoms with Gasteiger partial charge in [0.05, 0.1) is 18.4 Å². The van der Waals surface area contributed by atoms with Crippen LogP contribution < -0.4 is 15.5 Å². The monoisotopic (exact) mass is 468 g/mol. The van der Waals surface area contributed by atoms with Crippen molar-refractivity contribution < 1.29 is 4.79 Å². The first kappa shape index (κ1) is 24.5. The predicted molar refractivity (Wildman–Crippen MR) is 135 cm³/mol. The Hall–Kier alpha value is -3.14. The summed E-state index contributed by atoms with van der Waals surface area (Å²) in [5, 5.41) is 10.8. The molecule has 0 aliphatic carbocycles. The Morgan fingerprint density at radius 3 is 2.45 bits per heavy atom. The van der Waals surface area contributed by atoms with Gasteiger partial charge in [0.1, 0.15) is 11.7 Å². The molecule has 0 bridgehead atoms. The van der Waals surface area contributed by atoms with Gasteiger partial charge in [-0.15, -0.1) is 0 Å². The van der Waals surface area contributed by atoms with E-state index in [0.29, 0.717) is 24.7 Å².